The normalized spacial score (nSPS) is 13.9. The standard InChI is InChI=1S/C14H10.C13H10.C10H12.C9H10.C8H10N2.C7H8N2/c1-2-6-12-10-14-8-4-3-7-13(14)9-11(12)5-1;1-3-7-12-10(5-1)9-11-6-2-4-8-13(11)12;1-2-6-10-8-4-3-7-9(10)5-1;1-2-5-9-7-3-6-8(9)4-1;1-3-7-4-2-6-10-8(7)9-5-1;1-2-6-3-5-9-7(6)8-4-1/h1-10H;1-8H,9H2;1-2,5-6H,3-4,7-8H2;1-2,4-5H,3,6-7H2;1,3,5H,2,4,6H2,(H,9,10);1-2,4H,3,5H2,(H,8,9). The van der Waals surface area contributed by atoms with Crippen molar-refractivity contribution >= 4 is 33.2 Å². The second-order valence-corrected chi connectivity index (χ2v) is 17.4. The number of hydrogen-bond acceptors (Lipinski definition) is 4. The molecule has 2 aliphatic heterocycles. The van der Waals surface area contributed by atoms with Crippen LogP contribution in [-0.4, -0.2) is 23.1 Å². The number of pyridine rings is 2. The van der Waals surface area contributed by atoms with E-state index in [1.807, 2.05) is 24.5 Å². The van der Waals surface area contributed by atoms with Crippen molar-refractivity contribution in [2.24, 2.45) is 0 Å². The van der Waals surface area contributed by atoms with Gasteiger partial charge in [-0.1, -0.05) is 158 Å². The van der Waals surface area contributed by atoms with Crippen LogP contribution >= 0.6 is 0 Å². The van der Waals surface area contributed by atoms with E-state index in [-0.39, 0.29) is 0 Å². The molecule has 0 radical (unpaired) electrons. The highest BCUT2D eigenvalue weighted by molar-refractivity contribution is 5.98. The van der Waals surface area contributed by atoms with E-state index < -0.39 is 0 Å². The smallest absolute Gasteiger partial charge is 0.129 e. The Morgan fingerprint density at radius 2 is 0.646 bits per heavy atom. The zero-order valence-corrected chi connectivity index (χ0v) is 37.6. The first kappa shape index (κ1) is 43.2. The molecule has 0 unspecified atom stereocenters. The molecule has 4 heterocycles. The molecule has 0 bridgehead atoms. The molecule has 0 spiro atoms. The first-order valence-corrected chi connectivity index (χ1v) is 23.8. The van der Waals surface area contributed by atoms with Gasteiger partial charge in [0.1, 0.15) is 11.6 Å². The fraction of sp³-hybridized carbons (Fsp3) is 0.213. The molecule has 7 aromatic carbocycles. The minimum Gasteiger partial charge on any atom is -0.370 e. The first-order chi connectivity index (χ1) is 32.2. The van der Waals surface area contributed by atoms with Gasteiger partial charge in [-0.2, -0.15) is 0 Å². The number of rotatable bonds is 0. The Morgan fingerprint density at radius 3 is 1.11 bits per heavy atom. The van der Waals surface area contributed by atoms with E-state index >= 15 is 0 Å². The maximum absolute atomic E-state index is 4.21. The molecule has 4 nitrogen and oxygen atoms in total. The van der Waals surface area contributed by atoms with Gasteiger partial charge in [0.2, 0.25) is 0 Å². The minimum atomic E-state index is 1.05. The quantitative estimate of drug-likeness (QED) is 0.149. The Labute approximate surface area is 385 Å². The summed E-state index contributed by atoms with van der Waals surface area (Å²) in [4.78, 5) is 8.36. The molecular weight excluding hydrogens is 789 g/mol. The van der Waals surface area contributed by atoms with Crippen LogP contribution in [0.5, 0.6) is 0 Å². The summed E-state index contributed by atoms with van der Waals surface area (Å²) in [7, 11) is 0. The van der Waals surface area contributed by atoms with Crippen molar-refractivity contribution in [2.45, 2.75) is 70.6 Å². The van der Waals surface area contributed by atoms with Crippen molar-refractivity contribution in [1.29, 1.82) is 0 Å². The van der Waals surface area contributed by atoms with Crippen LogP contribution in [0, 0.1) is 0 Å². The Balaban J connectivity index is 0.0000000992. The summed E-state index contributed by atoms with van der Waals surface area (Å²) in [5.41, 5.74) is 14.7. The number of anilines is 2. The Morgan fingerprint density at radius 1 is 0.292 bits per heavy atom. The molecule has 0 amide bonds. The van der Waals surface area contributed by atoms with Crippen molar-refractivity contribution in [3.05, 3.63) is 239 Å². The van der Waals surface area contributed by atoms with Crippen LogP contribution in [0.25, 0.3) is 32.7 Å². The SMILES string of the molecule is c1ccc2c(c1)CCC2.c1ccc2c(c1)CCCC2.c1ccc2c(c1)Cc1ccccc1-2.c1ccc2cc3ccccc3cc2c1.c1cnc2c(c1)CCCN2.c1cnc2c(c1)CCN2. The lowest BCUT2D eigenvalue weighted by Gasteiger charge is -2.15. The molecule has 4 heteroatoms. The van der Waals surface area contributed by atoms with E-state index in [4.69, 9.17) is 0 Å². The number of aryl methyl sites for hydroxylation is 5. The van der Waals surface area contributed by atoms with Gasteiger partial charge in [0.05, 0.1) is 0 Å². The Kier molecular flexibility index (Phi) is 14.7. The molecule has 5 aliphatic rings. The minimum absolute atomic E-state index is 1.05. The lowest BCUT2D eigenvalue weighted by Crippen LogP contribution is -2.12. The molecule has 0 saturated heterocycles. The molecule has 0 saturated carbocycles. The highest BCUT2D eigenvalue weighted by Crippen LogP contribution is 2.35. The molecular formula is C61H60N4. The highest BCUT2D eigenvalue weighted by atomic mass is 15.0. The Bertz CT molecular complexity index is 2610. The van der Waals surface area contributed by atoms with E-state index in [0.717, 1.165) is 37.6 Å². The van der Waals surface area contributed by atoms with Crippen LogP contribution in [0.4, 0.5) is 11.6 Å². The van der Waals surface area contributed by atoms with Gasteiger partial charge in [0.25, 0.3) is 0 Å². The lowest BCUT2D eigenvalue weighted by atomic mass is 9.92. The summed E-state index contributed by atoms with van der Waals surface area (Å²) in [5.74, 6) is 2.14. The van der Waals surface area contributed by atoms with Gasteiger partial charge < -0.3 is 10.6 Å². The second kappa shape index (κ2) is 22.0. The van der Waals surface area contributed by atoms with Gasteiger partial charge in [-0.05, 0) is 172 Å². The van der Waals surface area contributed by atoms with E-state index in [0.29, 0.717) is 0 Å². The maximum atomic E-state index is 4.21. The van der Waals surface area contributed by atoms with Gasteiger partial charge >= 0.3 is 0 Å². The maximum Gasteiger partial charge on any atom is 0.129 e. The number of hydrogen-bond donors (Lipinski definition) is 2. The molecule has 2 aromatic heterocycles. The van der Waals surface area contributed by atoms with Crippen molar-refractivity contribution in [2.75, 3.05) is 23.7 Å². The molecule has 3 aliphatic carbocycles. The number of aromatic nitrogens is 2. The second-order valence-electron chi connectivity index (χ2n) is 17.4. The number of nitrogens with one attached hydrogen (secondary N) is 2. The van der Waals surface area contributed by atoms with Crippen molar-refractivity contribution in [3.8, 4) is 11.1 Å². The third kappa shape index (κ3) is 11.4. The predicted octanol–water partition coefficient (Wildman–Crippen LogP) is 14.5. The van der Waals surface area contributed by atoms with Gasteiger partial charge in [-0.25, -0.2) is 9.97 Å². The van der Waals surface area contributed by atoms with Crippen molar-refractivity contribution < 1.29 is 0 Å². The summed E-state index contributed by atoms with van der Waals surface area (Å²) in [6.45, 7) is 2.12. The van der Waals surface area contributed by atoms with Gasteiger partial charge in [-0.15, -0.1) is 0 Å². The zero-order valence-electron chi connectivity index (χ0n) is 37.6. The molecule has 324 valence electrons. The third-order valence-corrected chi connectivity index (χ3v) is 13.0. The highest BCUT2D eigenvalue weighted by Gasteiger charge is 2.16. The van der Waals surface area contributed by atoms with Gasteiger partial charge in [0.15, 0.2) is 0 Å². The molecule has 0 atom stereocenters. The summed E-state index contributed by atoms with van der Waals surface area (Å²) < 4.78 is 0. The van der Waals surface area contributed by atoms with Crippen LogP contribution < -0.4 is 10.6 Å². The average Bonchev–Trinajstić information content (AvgIpc) is 4.16. The van der Waals surface area contributed by atoms with Gasteiger partial charge in [0, 0.05) is 25.5 Å². The average molecular weight is 849 g/mol. The van der Waals surface area contributed by atoms with Crippen molar-refractivity contribution in [3.63, 3.8) is 0 Å². The lowest BCUT2D eigenvalue weighted by molar-refractivity contribution is 0.685. The summed E-state index contributed by atoms with van der Waals surface area (Å²) >= 11 is 0. The largest absolute Gasteiger partial charge is 0.370 e. The van der Waals surface area contributed by atoms with E-state index in [1.165, 1.54) is 113 Å². The zero-order chi connectivity index (χ0) is 43.9. The number of fused-ring (bicyclic) bond motifs is 9. The topological polar surface area (TPSA) is 49.8 Å². The number of nitrogens with zero attached hydrogens (tertiary/aromatic N) is 2. The van der Waals surface area contributed by atoms with Crippen LogP contribution in [0.2, 0.25) is 0 Å². The van der Waals surface area contributed by atoms with E-state index in [2.05, 4.69) is 190 Å². The van der Waals surface area contributed by atoms with E-state index in [1.54, 1.807) is 22.3 Å². The van der Waals surface area contributed by atoms with E-state index in [9.17, 15) is 0 Å². The molecule has 2 N–H and O–H groups in total. The monoisotopic (exact) mass is 848 g/mol. The van der Waals surface area contributed by atoms with Gasteiger partial charge in [-0.3, -0.25) is 0 Å². The fourth-order valence-electron chi connectivity index (χ4n) is 9.55. The molecule has 0 fully saturated rings. The fourth-order valence-corrected chi connectivity index (χ4v) is 9.55. The Hall–Kier alpha value is -7.04. The predicted molar refractivity (Wildman–Crippen MR) is 275 cm³/mol. The van der Waals surface area contributed by atoms with Crippen LogP contribution in [0.1, 0.15) is 70.2 Å². The van der Waals surface area contributed by atoms with Crippen LogP contribution in [0.3, 0.4) is 0 Å². The number of benzene rings is 7. The summed E-state index contributed by atoms with van der Waals surface area (Å²) in [6.07, 6.45) is 17.6. The first-order valence-electron chi connectivity index (χ1n) is 23.8. The third-order valence-electron chi connectivity index (χ3n) is 13.0. The summed E-state index contributed by atoms with van der Waals surface area (Å²) in [6, 6.07) is 64.5. The molecule has 9 aromatic rings. The van der Waals surface area contributed by atoms with Crippen LogP contribution in [-0.2, 0) is 44.9 Å². The molecule has 65 heavy (non-hydrogen) atoms. The molecule has 14 rings (SSSR count). The van der Waals surface area contributed by atoms with Crippen molar-refractivity contribution in [1.82, 2.24) is 9.97 Å². The van der Waals surface area contributed by atoms with Crippen LogP contribution in [0.15, 0.2) is 194 Å². The summed E-state index contributed by atoms with van der Waals surface area (Å²) in [5, 5.41) is 11.7.